The smallest absolute Gasteiger partial charge is 0.134 e. The van der Waals surface area contributed by atoms with Gasteiger partial charge in [-0.3, -0.25) is 0 Å². The van der Waals surface area contributed by atoms with Gasteiger partial charge in [0.2, 0.25) is 0 Å². The highest BCUT2D eigenvalue weighted by Gasteiger charge is 1.97. The van der Waals surface area contributed by atoms with Gasteiger partial charge in [0.15, 0.2) is 0 Å². The normalized spacial score (nSPS) is 10.3. The van der Waals surface area contributed by atoms with Gasteiger partial charge >= 0.3 is 0 Å². The molecule has 0 saturated heterocycles. The minimum absolute atomic E-state index is 0.378. The van der Waals surface area contributed by atoms with Crippen LogP contribution >= 0.6 is 0 Å². The molecule has 0 heterocycles. The molecule has 0 fully saturated rings. The minimum Gasteiger partial charge on any atom is -0.493 e. The summed E-state index contributed by atoms with van der Waals surface area (Å²) in [4.78, 5) is 0. The lowest BCUT2D eigenvalue weighted by Crippen LogP contribution is -1.98. The van der Waals surface area contributed by atoms with Gasteiger partial charge in [-0.25, -0.2) is 4.39 Å². The van der Waals surface area contributed by atoms with E-state index in [1.807, 2.05) is 6.07 Å². The minimum atomic E-state index is -0.378. The Balaban J connectivity index is 1.65. The molecule has 2 aromatic carbocycles. The van der Waals surface area contributed by atoms with E-state index < -0.39 is 0 Å². The third kappa shape index (κ3) is 4.21. The summed E-state index contributed by atoms with van der Waals surface area (Å²) in [6.45, 7) is 0.621. The molecule has 2 heteroatoms. The van der Waals surface area contributed by atoms with Crippen molar-refractivity contribution in [1.29, 1.82) is 0 Å². The molecule has 0 spiro atoms. The Bertz CT molecular complexity index is 468. The second kappa shape index (κ2) is 6.80. The maximum Gasteiger partial charge on any atom is 0.134 e. The molecular weight excluding hydrogens is 227 g/mol. The predicted octanol–water partition coefficient (Wildman–Crippen LogP) is 4.03. The lowest BCUT2D eigenvalue weighted by Gasteiger charge is -2.06. The molecular formula is C16H16FO. The van der Waals surface area contributed by atoms with Crippen LogP contribution in [0.15, 0.2) is 48.5 Å². The SMILES string of the molecule is Fc1[c]ccc(OCCCCc2ccccc2)c1. The second-order valence-corrected chi connectivity index (χ2v) is 4.16. The van der Waals surface area contributed by atoms with Crippen LogP contribution in [-0.2, 0) is 6.42 Å². The van der Waals surface area contributed by atoms with E-state index in [2.05, 4.69) is 30.3 Å². The molecule has 0 amide bonds. The van der Waals surface area contributed by atoms with E-state index in [0.717, 1.165) is 19.3 Å². The second-order valence-electron chi connectivity index (χ2n) is 4.16. The number of hydrogen-bond acceptors (Lipinski definition) is 1. The Morgan fingerprint density at radius 3 is 2.67 bits per heavy atom. The van der Waals surface area contributed by atoms with Gasteiger partial charge in [-0.05, 0) is 37.0 Å². The summed E-state index contributed by atoms with van der Waals surface area (Å²) in [5, 5.41) is 0. The van der Waals surface area contributed by atoms with Gasteiger partial charge in [0.05, 0.1) is 6.61 Å². The predicted molar refractivity (Wildman–Crippen MR) is 70.1 cm³/mol. The quantitative estimate of drug-likeness (QED) is 0.696. The molecule has 18 heavy (non-hydrogen) atoms. The zero-order valence-electron chi connectivity index (χ0n) is 10.2. The van der Waals surface area contributed by atoms with Crippen LogP contribution in [0.3, 0.4) is 0 Å². The fraction of sp³-hybridized carbons (Fsp3) is 0.250. The summed E-state index contributed by atoms with van der Waals surface area (Å²) in [6, 6.07) is 17.4. The van der Waals surface area contributed by atoms with Crippen LogP contribution < -0.4 is 4.74 Å². The molecule has 0 aliphatic carbocycles. The number of hydrogen-bond donors (Lipinski definition) is 0. The molecule has 93 valence electrons. The van der Waals surface area contributed by atoms with Crippen molar-refractivity contribution in [2.75, 3.05) is 6.61 Å². The largest absolute Gasteiger partial charge is 0.493 e. The van der Waals surface area contributed by atoms with Crippen molar-refractivity contribution in [2.45, 2.75) is 19.3 Å². The number of rotatable bonds is 6. The van der Waals surface area contributed by atoms with Crippen LogP contribution in [-0.4, -0.2) is 6.61 Å². The summed E-state index contributed by atoms with van der Waals surface area (Å²) in [6.07, 6.45) is 3.10. The number of halogens is 1. The van der Waals surface area contributed by atoms with Crippen molar-refractivity contribution in [3.63, 3.8) is 0 Å². The standard InChI is InChI=1S/C16H16FO/c17-15-10-6-11-16(13-15)18-12-5-4-9-14-7-2-1-3-8-14/h1-3,6-8,11,13H,4-5,9,12H2. The zero-order chi connectivity index (χ0) is 12.6. The van der Waals surface area contributed by atoms with Gasteiger partial charge in [-0.2, -0.15) is 0 Å². The maximum atomic E-state index is 12.8. The lowest BCUT2D eigenvalue weighted by molar-refractivity contribution is 0.305. The number of unbranched alkanes of at least 4 members (excludes halogenated alkanes) is 1. The molecule has 1 radical (unpaired) electrons. The monoisotopic (exact) mass is 243 g/mol. The number of ether oxygens (including phenoxy) is 1. The van der Waals surface area contributed by atoms with Gasteiger partial charge in [-0.1, -0.05) is 30.3 Å². The van der Waals surface area contributed by atoms with Crippen LogP contribution in [0.5, 0.6) is 5.75 Å². The van der Waals surface area contributed by atoms with E-state index in [1.165, 1.54) is 17.7 Å². The average Bonchev–Trinajstić information content (AvgIpc) is 2.40. The molecule has 1 nitrogen and oxygen atoms in total. The van der Waals surface area contributed by atoms with Crippen LogP contribution in [0.4, 0.5) is 4.39 Å². The van der Waals surface area contributed by atoms with E-state index in [9.17, 15) is 4.39 Å². The van der Waals surface area contributed by atoms with Crippen molar-refractivity contribution in [2.24, 2.45) is 0 Å². The molecule has 0 aliphatic heterocycles. The summed E-state index contributed by atoms with van der Waals surface area (Å²) in [5.41, 5.74) is 1.35. The maximum absolute atomic E-state index is 12.8. The van der Waals surface area contributed by atoms with E-state index in [1.54, 1.807) is 6.07 Å². The van der Waals surface area contributed by atoms with Crippen LogP contribution in [0, 0.1) is 11.9 Å². The fourth-order valence-corrected chi connectivity index (χ4v) is 1.77. The topological polar surface area (TPSA) is 9.23 Å². The van der Waals surface area contributed by atoms with Crippen molar-refractivity contribution in [3.8, 4) is 5.75 Å². The van der Waals surface area contributed by atoms with Crippen molar-refractivity contribution in [1.82, 2.24) is 0 Å². The van der Waals surface area contributed by atoms with Gasteiger partial charge in [0.1, 0.15) is 11.6 Å². The van der Waals surface area contributed by atoms with E-state index >= 15 is 0 Å². The Hall–Kier alpha value is -1.83. The average molecular weight is 243 g/mol. The molecule has 2 rings (SSSR count). The summed E-state index contributed by atoms with van der Waals surface area (Å²) in [5.74, 6) is 0.197. The number of aryl methyl sites for hydroxylation is 1. The highest BCUT2D eigenvalue weighted by atomic mass is 19.1. The first kappa shape index (κ1) is 12.6. The van der Waals surface area contributed by atoms with E-state index in [0.29, 0.717) is 12.4 Å². The first-order valence-corrected chi connectivity index (χ1v) is 6.18. The van der Waals surface area contributed by atoms with Crippen LogP contribution in [0.1, 0.15) is 18.4 Å². The molecule has 0 bridgehead atoms. The highest BCUT2D eigenvalue weighted by Crippen LogP contribution is 2.12. The molecule has 2 aromatic rings. The van der Waals surface area contributed by atoms with E-state index in [-0.39, 0.29) is 5.82 Å². The van der Waals surface area contributed by atoms with Crippen molar-refractivity contribution >= 4 is 0 Å². The summed E-state index contributed by atoms with van der Waals surface area (Å²) >= 11 is 0. The zero-order valence-corrected chi connectivity index (χ0v) is 10.2. The van der Waals surface area contributed by atoms with Gasteiger partial charge < -0.3 is 4.74 Å². The summed E-state index contributed by atoms with van der Waals surface area (Å²) in [7, 11) is 0. The Morgan fingerprint density at radius 1 is 1.06 bits per heavy atom. The first-order valence-electron chi connectivity index (χ1n) is 6.18. The third-order valence-electron chi connectivity index (χ3n) is 2.71. The molecule has 0 unspecified atom stereocenters. The molecule has 0 saturated carbocycles. The van der Waals surface area contributed by atoms with Crippen molar-refractivity contribution in [3.05, 3.63) is 66.0 Å². The van der Waals surface area contributed by atoms with Crippen LogP contribution in [0.2, 0.25) is 0 Å². The Morgan fingerprint density at radius 2 is 1.89 bits per heavy atom. The van der Waals surface area contributed by atoms with E-state index in [4.69, 9.17) is 4.74 Å². The summed E-state index contributed by atoms with van der Waals surface area (Å²) < 4.78 is 18.3. The number of benzene rings is 2. The molecule has 0 atom stereocenters. The molecule has 0 aromatic heterocycles. The van der Waals surface area contributed by atoms with Gasteiger partial charge in [0, 0.05) is 12.1 Å². The third-order valence-corrected chi connectivity index (χ3v) is 2.71. The first-order chi connectivity index (χ1) is 8.84. The molecule has 0 N–H and O–H groups in total. The van der Waals surface area contributed by atoms with Crippen LogP contribution in [0.25, 0.3) is 0 Å². The van der Waals surface area contributed by atoms with Crippen molar-refractivity contribution < 1.29 is 9.13 Å². The lowest BCUT2D eigenvalue weighted by atomic mass is 10.1. The van der Waals surface area contributed by atoms with Gasteiger partial charge in [-0.15, -0.1) is 0 Å². The molecule has 0 aliphatic rings. The Labute approximate surface area is 107 Å². The van der Waals surface area contributed by atoms with Gasteiger partial charge in [0.25, 0.3) is 0 Å². The highest BCUT2D eigenvalue weighted by molar-refractivity contribution is 5.21. The Kier molecular flexibility index (Phi) is 4.77. The fourth-order valence-electron chi connectivity index (χ4n) is 1.77.